The Balaban J connectivity index is 2.27. The van der Waals surface area contributed by atoms with Crippen LogP contribution in [0.2, 0.25) is 0 Å². The van der Waals surface area contributed by atoms with E-state index in [9.17, 15) is 0 Å². The fourth-order valence-electron chi connectivity index (χ4n) is 1.36. The van der Waals surface area contributed by atoms with Gasteiger partial charge in [0.1, 0.15) is 11.6 Å². The normalized spacial score (nSPS) is 9.75. The lowest BCUT2D eigenvalue weighted by atomic mass is 10.2. The van der Waals surface area contributed by atoms with Gasteiger partial charge in [0.2, 0.25) is 0 Å². The first-order chi connectivity index (χ1) is 7.70. The average Bonchev–Trinajstić information content (AvgIpc) is 2.63. The Morgan fingerprint density at radius 2 is 2.06 bits per heavy atom. The Labute approximate surface area is 92.9 Å². The summed E-state index contributed by atoms with van der Waals surface area (Å²) >= 11 is 0. The molecule has 0 aliphatic heterocycles. The van der Waals surface area contributed by atoms with Crippen LogP contribution in [0.1, 0.15) is 11.3 Å². The first-order valence-corrected chi connectivity index (χ1v) is 4.78. The van der Waals surface area contributed by atoms with Gasteiger partial charge in [0.25, 0.3) is 0 Å². The summed E-state index contributed by atoms with van der Waals surface area (Å²) < 4.78 is 0. The quantitative estimate of drug-likeness (QED) is 0.664. The molecule has 0 radical (unpaired) electrons. The number of nitriles is 1. The van der Waals surface area contributed by atoms with Gasteiger partial charge in [0.05, 0.1) is 5.69 Å². The van der Waals surface area contributed by atoms with Gasteiger partial charge in [-0.1, -0.05) is 0 Å². The second-order valence-electron chi connectivity index (χ2n) is 3.43. The molecule has 0 bridgehead atoms. The van der Waals surface area contributed by atoms with E-state index in [4.69, 9.17) is 11.0 Å². The van der Waals surface area contributed by atoms with E-state index in [0.717, 1.165) is 11.4 Å². The predicted molar refractivity (Wildman–Crippen MR) is 62.2 cm³/mol. The van der Waals surface area contributed by atoms with Crippen molar-refractivity contribution in [2.75, 3.05) is 11.1 Å². The zero-order valence-electron chi connectivity index (χ0n) is 8.78. The molecule has 0 aliphatic carbocycles. The lowest BCUT2D eigenvalue weighted by molar-refractivity contribution is 1.05. The summed E-state index contributed by atoms with van der Waals surface area (Å²) in [4.78, 5) is 0. The van der Waals surface area contributed by atoms with E-state index in [1.54, 1.807) is 19.1 Å². The summed E-state index contributed by atoms with van der Waals surface area (Å²) in [5.41, 5.74) is 8.40. The third-order valence-electron chi connectivity index (χ3n) is 2.23. The van der Waals surface area contributed by atoms with Gasteiger partial charge in [-0.25, -0.2) is 0 Å². The largest absolute Gasteiger partial charge is 0.399 e. The number of anilines is 3. The highest BCUT2D eigenvalue weighted by Crippen LogP contribution is 2.20. The highest BCUT2D eigenvalue weighted by atomic mass is 15.2. The number of benzene rings is 1. The minimum Gasteiger partial charge on any atom is -0.399 e. The first kappa shape index (κ1) is 10.1. The molecule has 2 rings (SSSR count). The Morgan fingerprint density at radius 3 is 2.69 bits per heavy atom. The highest BCUT2D eigenvalue weighted by molar-refractivity contribution is 5.64. The molecular formula is C11H11N5. The van der Waals surface area contributed by atoms with Crippen LogP contribution in [0.25, 0.3) is 0 Å². The van der Waals surface area contributed by atoms with E-state index >= 15 is 0 Å². The van der Waals surface area contributed by atoms with Crippen LogP contribution in [-0.2, 0) is 0 Å². The van der Waals surface area contributed by atoms with Crippen molar-refractivity contribution in [1.29, 1.82) is 5.26 Å². The number of H-pyrrole nitrogens is 1. The second-order valence-corrected chi connectivity index (χ2v) is 3.43. The minimum absolute atomic E-state index is 0.525. The summed E-state index contributed by atoms with van der Waals surface area (Å²) in [7, 11) is 0. The average molecular weight is 213 g/mol. The second kappa shape index (κ2) is 3.95. The zero-order chi connectivity index (χ0) is 11.5. The number of aromatic nitrogens is 2. The molecule has 4 N–H and O–H groups in total. The van der Waals surface area contributed by atoms with E-state index in [0.29, 0.717) is 17.1 Å². The molecule has 16 heavy (non-hydrogen) atoms. The number of hydrogen-bond acceptors (Lipinski definition) is 4. The molecule has 5 nitrogen and oxygen atoms in total. The maximum Gasteiger partial charge on any atom is 0.170 e. The van der Waals surface area contributed by atoms with Crippen molar-refractivity contribution < 1.29 is 0 Å². The summed E-state index contributed by atoms with van der Waals surface area (Å²) in [6.45, 7) is 1.81. The van der Waals surface area contributed by atoms with E-state index < -0.39 is 0 Å². The van der Waals surface area contributed by atoms with Crippen LogP contribution >= 0.6 is 0 Å². The number of nitrogens with two attached hydrogens (primary N) is 1. The molecule has 0 atom stereocenters. The Hall–Kier alpha value is -2.48. The molecule has 0 amide bonds. The summed E-state index contributed by atoms with van der Waals surface area (Å²) in [5.74, 6) is 0.532. The number of hydrogen-bond donors (Lipinski definition) is 3. The van der Waals surface area contributed by atoms with Crippen molar-refractivity contribution in [2.24, 2.45) is 0 Å². The van der Waals surface area contributed by atoms with Gasteiger partial charge < -0.3 is 11.1 Å². The number of aromatic amines is 1. The van der Waals surface area contributed by atoms with Crippen LogP contribution in [0, 0.1) is 18.3 Å². The van der Waals surface area contributed by atoms with Gasteiger partial charge in [-0.3, -0.25) is 5.10 Å². The molecule has 1 aromatic heterocycles. The molecule has 5 heteroatoms. The minimum atomic E-state index is 0.525. The van der Waals surface area contributed by atoms with Crippen LogP contribution in [0.5, 0.6) is 0 Å². The number of aryl methyl sites for hydroxylation is 1. The van der Waals surface area contributed by atoms with Gasteiger partial charge >= 0.3 is 0 Å². The maximum absolute atomic E-state index is 8.94. The van der Waals surface area contributed by atoms with Crippen LogP contribution in [0.15, 0.2) is 24.3 Å². The van der Waals surface area contributed by atoms with Gasteiger partial charge in [-0.15, -0.1) is 0 Å². The van der Waals surface area contributed by atoms with Crippen molar-refractivity contribution in [3.05, 3.63) is 35.5 Å². The maximum atomic E-state index is 8.94. The SMILES string of the molecule is Cc1[nH]nc(Nc2ccc(N)cc2)c1C#N. The number of nitrogens with zero attached hydrogens (tertiary/aromatic N) is 2. The Kier molecular flexibility index (Phi) is 2.48. The van der Waals surface area contributed by atoms with Gasteiger partial charge in [-0.2, -0.15) is 10.4 Å². The van der Waals surface area contributed by atoms with Crippen molar-refractivity contribution in [3.63, 3.8) is 0 Å². The zero-order valence-corrected chi connectivity index (χ0v) is 8.78. The fourth-order valence-corrected chi connectivity index (χ4v) is 1.36. The van der Waals surface area contributed by atoms with Crippen molar-refractivity contribution in [1.82, 2.24) is 10.2 Å². The van der Waals surface area contributed by atoms with E-state index in [1.165, 1.54) is 0 Å². The van der Waals surface area contributed by atoms with Crippen molar-refractivity contribution in [3.8, 4) is 6.07 Å². The predicted octanol–water partition coefficient (Wildman–Crippen LogP) is 1.92. The van der Waals surface area contributed by atoms with E-state index in [-0.39, 0.29) is 0 Å². The van der Waals surface area contributed by atoms with Gasteiger partial charge in [0.15, 0.2) is 5.82 Å². The van der Waals surface area contributed by atoms with Crippen LogP contribution in [0.4, 0.5) is 17.2 Å². The summed E-state index contributed by atoms with van der Waals surface area (Å²) in [6, 6.07) is 9.33. The molecule has 1 heterocycles. The molecule has 0 saturated heterocycles. The summed E-state index contributed by atoms with van der Waals surface area (Å²) in [5, 5.41) is 18.8. The van der Waals surface area contributed by atoms with Crippen molar-refractivity contribution in [2.45, 2.75) is 6.92 Å². The lowest BCUT2D eigenvalue weighted by Crippen LogP contribution is -1.93. The third-order valence-corrected chi connectivity index (χ3v) is 2.23. The lowest BCUT2D eigenvalue weighted by Gasteiger charge is -2.03. The van der Waals surface area contributed by atoms with Crippen molar-refractivity contribution >= 4 is 17.2 Å². The monoisotopic (exact) mass is 213 g/mol. The molecule has 0 spiro atoms. The highest BCUT2D eigenvalue weighted by Gasteiger charge is 2.09. The fraction of sp³-hybridized carbons (Fsp3) is 0.0909. The Bertz CT molecular complexity index is 532. The molecule has 0 unspecified atom stereocenters. The topological polar surface area (TPSA) is 90.5 Å². The van der Waals surface area contributed by atoms with Crippen LogP contribution in [-0.4, -0.2) is 10.2 Å². The van der Waals surface area contributed by atoms with Crippen LogP contribution in [0.3, 0.4) is 0 Å². The van der Waals surface area contributed by atoms with Gasteiger partial charge in [0, 0.05) is 11.4 Å². The molecule has 2 aromatic rings. The third kappa shape index (κ3) is 1.81. The Morgan fingerprint density at radius 1 is 1.38 bits per heavy atom. The smallest absolute Gasteiger partial charge is 0.170 e. The molecule has 0 aliphatic rings. The first-order valence-electron chi connectivity index (χ1n) is 4.78. The number of nitrogen functional groups attached to an aromatic ring is 1. The molecule has 1 aromatic carbocycles. The molecular weight excluding hydrogens is 202 g/mol. The van der Waals surface area contributed by atoms with Crippen LogP contribution < -0.4 is 11.1 Å². The van der Waals surface area contributed by atoms with Gasteiger partial charge in [-0.05, 0) is 31.2 Å². The summed E-state index contributed by atoms with van der Waals surface area (Å²) in [6.07, 6.45) is 0. The molecule has 0 fully saturated rings. The van der Waals surface area contributed by atoms with E-state index in [1.807, 2.05) is 12.1 Å². The molecule has 80 valence electrons. The molecule has 0 saturated carbocycles. The standard InChI is InChI=1S/C11H11N5/c1-7-10(6-12)11(16-15-7)14-9-4-2-8(13)3-5-9/h2-5H,13H2,1H3,(H2,14,15,16). The number of rotatable bonds is 2. The van der Waals surface area contributed by atoms with E-state index in [2.05, 4.69) is 21.6 Å². The number of nitrogens with one attached hydrogen (secondary N) is 2.